The van der Waals surface area contributed by atoms with E-state index in [1.54, 1.807) is 6.07 Å². The van der Waals surface area contributed by atoms with Crippen LogP contribution >= 0.6 is 11.3 Å². The lowest BCUT2D eigenvalue weighted by Crippen LogP contribution is -2.51. The Morgan fingerprint density at radius 2 is 1.73 bits per heavy atom. The number of hydrogen-bond donors (Lipinski definition) is 1. The topological polar surface area (TPSA) is 37.4 Å². The third kappa shape index (κ3) is 4.98. The Morgan fingerprint density at radius 1 is 1.05 bits per heavy atom. The second-order valence-corrected chi connectivity index (χ2v) is 11.2. The highest BCUT2D eigenvalue weighted by Gasteiger charge is 2.49. The molecule has 4 atom stereocenters. The first kappa shape index (κ1) is 24.4. The first-order valence-corrected chi connectivity index (χ1v) is 13.4. The smallest absolute Gasteiger partial charge is 0.405 e. The van der Waals surface area contributed by atoms with E-state index in [9.17, 15) is 13.2 Å². The minimum atomic E-state index is -4.76. The molecule has 37 heavy (non-hydrogen) atoms. The Bertz CT molecular complexity index is 1340. The third-order valence-electron chi connectivity index (χ3n) is 7.64. The van der Waals surface area contributed by atoms with Crippen molar-refractivity contribution >= 4 is 21.6 Å². The summed E-state index contributed by atoms with van der Waals surface area (Å²) in [6.07, 6.45) is -3.67. The molecule has 3 heterocycles. The monoisotopic (exact) mass is 523 g/mol. The minimum absolute atomic E-state index is 0.130. The van der Waals surface area contributed by atoms with Gasteiger partial charge in [-0.05, 0) is 43.0 Å². The van der Waals surface area contributed by atoms with Crippen LogP contribution in [0.3, 0.4) is 0 Å². The molecule has 2 saturated heterocycles. The maximum atomic E-state index is 13.3. The summed E-state index contributed by atoms with van der Waals surface area (Å²) >= 11 is 1.37. The van der Waals surface area contributed by atoms with Crippen molar-refractivity contribution in [2.75, 3.05) is 13.1 Å². The van der Waals surface area contributed by atoms with Gasteiger partial charge in [0.05, 0.1) is 15.2 Å². The molecule has 0 radical (unpaired) electrons. The van der Waals surface area contributed by atoms with Crippen molar-refractivity contribution in [2.24, 2.45) is 5.92 Å². The molecule has 2 bridgehead atoms. The molecule has 0 amide bonds. The molecule has 2 aliphatic rings. The zero-order chi connectivity index (χ0) is 25.6. The number of alkyl halides is 3. The summed E-state index contributed by atoms with van der Waals surface area (Å²) < 4.78 is 45.0. The first-order chi connectivity index (χ1) is 17.9. The predicted molar refractivity (Wildman–Crippen MR) is 140 cm³/mol. The Balaban J connectivity index is 1.33. The summed E-state index contributed by atoms with van der Waals surface area (Å²) in [5.74, 6) is 0.441. The van der Waals surface area contributed by atoms with Crippen LogP contribution in [0.2, 0.25) is 0 Å². The highest BCUT2D eigenvalue weighted by molar-refractivity contribution is 7.18. The van der Waals surface area contributed by atoms with Gasteiger partial charge in [-0.3, -0.25) is 4.90 Å². The van der Waals surface area contributed by atoms with E-state index in [0.717, 1.165) is 24.5 Å². The normalized spacial score (nSPS) is 23.3. The number of nitrogens with zero attached hydrogens (tertiary/aromatic N) is 2. The number of ether oxygens (including phenoxy) is 1. The number of benzene rings is 3. The van der Waals surface area contributed by atoms with Crippen LogP contribution < -0.4 is 10.1 Å². The van der Waals surface area contributed by atoms with E-state index in [1.165, 1.54) is 28.5 Å². The fourth-order valence-electron chi connectivity index (χ4n) is 6.20. The zero-order valence-electron chi connectivity index (χ0n) is 20.4. The number of hydrogen-bond acceptors (Lipinski definition) is 5. The Labute approximate surface area is 218 Å². The average molecular weight is 524 g/mol. The van der Waals surface area contributed by atoms with Crippen LogP contribution in [0.15, 0.2) is 72.8 Å². The van der Waals surface area contributed by atoms with Gasteiger partial charge < -0.3 is 10.1 Å². The van der Waals surface area contributed by atoms with Crippen molar-refractivity contribution in [3.8, 4) is 5.75 Å². The number of thiazole rings is 1. The number of rotatable bonds is 7. The fourth-order valence-corrected chi connectivity index (χ4v) is 7.04. The van der Waals surface area contributed by atoms with E-state index in [4.69, 9.17) is 0 Å². The number of aromatic nitrogens is 1. The third-order valence-corrected chi connectivity index (χ3v) is 8.58. The molecule has 0 unspecified atom stereocenters. The van der Waals surface area contributed by atoms with Crippen LogP contribution in [0.1, 0.15) is 34.0 Å². The largest absolute Gasteiger partial charge is 0.573 e. The second kappa shape index (κ2) is 9.74. The highest BCUT2D eigenvalue weighted by atomic mass is 32.1. The lowest BCUT2D eigenvalue weighted by molar-refractivity contribution is -0.274. The molecule has 8 heteroatoms. The molecule has 0 aliphatic carbocycles. The molecule has 3 aromatic carbocycles. The van der Waals surface area contributed by atoms with Crippen molar-refractivity contribution in [1.29, 1.82) is 0 Å². The molecule has 0 spiro atoms. The van der Waals surface area contributed by atoms with Crippen LogP contribution in [0, 0.1) is 12.8 Å². The molecule has 4 aromatic rings. The molecule has 4 nitrogen and oxygen atoms in total. The summed E-state index contributed by atoms with van der Waals surface area (Å²) in [4.78, 5) is 7.05. The van der Waals surface area contributed by atoms with E-state index in [0.29, 0.717) is 21.7 Å². The lowest BCUT2D eigenvalue weighted by Gasteiger charge is -2.39. The maximum absolute atomic E-state index is 13.3. The van der Waals surface area contributed by atoms with Gasteiger partial charge in [0.2, 0.25) is 0 Å². The fraction of sp³-hybridized carbons (Fsp3) is 0.345. The molecule has 2 aliphatic heterocycles. The second-order valence-electron chi connectivity index (χ2n) is 9.95. The molecule has 192 valence electrons. The van der Waals surface area contributed by atoms with Crippen molar-refractivity contribution in [3.63, 3.8) is 0 Å². The van der Waals surface area contributed by atoms with Gasteiger partial charge in [-0.1, -0.05) is 60.7 Å². The van der Waals surface area contributed by atoms with Gasteiger partial charge in [0, 0.05) is 42.7 Å². The Morgan fingerprint density at radius 3 is 2.38 bits per heavy atom. The van der Waals surface area contributed by atoms with Gasteiger partial charge in [0.15, 0.2) is 0 Å². The van der Waals surface area contributed by atoms with Crippen molar-refractivity contribution in [3.05, 3.63) is 94.5 Å². The van der Waals surface area contributed by atoms with E-state index in [1.807, 2.05) is 19.1 Å². The number of piperidine rings is 1. The molecule has 1 N–H and O–H groups in total. The first-order valence-electron chi connectivity index (χ1n) is 12.6. The maximum Gasteiger partial charge on any atom is 0.573 e. The lowest BCUT2D eigenvalue weighted by atomic mass is 9.78. The molecule has 1 aromatic heterocycles. The molecular weight excluding hydrogens is 495 g/mol. The summed E-state index contributed by atoms with van der Waals surface area (Å²) in [7, 11) is 0. The van der Waals surface area contributed by atoms with Crippen molar-refractivity contribution in [1.82, 2.24) is 15.2 Å². The van der Waals surface area contributed by atoms with Gasteiger partial charge in [0.1, 0.15) is 5.75 Å². The van der Waals surface area contributed by atoms with Crippen LogP contribution in [-0.2, 0) is 6.54 Å². The molecule has 6 rings (SSSR count). The Kier molecular flexibility index (Phi) is 6.42. The number of aryl methyl sites for hydroxylation is 1. The average Bonchev–Trinajstić information content (AvgIpc) is 3.58. The summed E-state index contributed by atoms with van der Waals surface area (Å²) in [5, 5.41) is 4.50. The number of halogens is 3. The molecule has 2 fully saturated rings. The Hall–Kier alpha value is -2.94. The standard InChI is InChI=1S/C29H28F3N3OS/c1-18-34-23-14-22(24(15-25(23)37-18)36-29(30,31)32)16-33-27-21-12-13-35(17-21)28(27)26(19-8-4-2-5-9-19)20-10-6-3-7-11-20/h2-11,14-15,21,26-28,33H,12-13,16-17H2,1H3/t21-,27-,28+/m0/s1. The summed E-state index contributed by atoms with van der Waals surface area (Å²) in [5.41, 5.74) is 3.67. The van der Waals surface area contributed by atoms with Gasteiger partial charge in [-0.15, -0.1) is 24.5 Å². The van der Waals surface area contributed by atoms with Crippen molar-refractivity contribution in [2.45, 2.75) is 44.3 Å². The van der Waals surface area contributed by atoms with Gasteiger partial charge in [-0.2, -0.15) is 0 Å². The quantitative estimate of drug-likeness (QED) is 0.300. The SMILES string of the molecule is Cc1nc2cc(CN[C@H]3[C@H]4CC[N@](C4)[C@@H]3C(c3ccccc3)c3ccccc3)c(OC(F)(F)F)cc2s1. The van der Waals surface area contributed by atoms with Gasteiger partial charge in [-0.25, -0.2) is 4.98 Å². The number of nitrogens with one attached hydrogen (secondary N) is 1. The van der Waals surface area contributed by atoms with E-state index >= 15 is 0 Å². The zero-order valence-corrected chi connectivity index (χ0v) is 21.2. The van der Waals surface area contributed by atoms with E-state index in [2.05, 4.69) is 68.5 Å². The van der Waals surface area contributed by atoms with Gasteiger partial charge in [0.25, 0.3) is 0 Å². The van der Waals surface area contributed by atoms with E-state index < -0.39 is 6.36 Å². The van der Waals surface area contributed by atoms with Crippen molar-refractivity contribution < 1.29 is 17.9 Å². The predicted octanol–water partition coefficient (Wildman–Crippen LogP) is 6.50. The van der Waals surface area contributed by atoms with Crippen LogP contribution in [0.4, 0.5) is 13.2 Å². The summed E-state index contributed by atoms with van der Waals surface area (Å²) in [6.45, 7) is 4.17. The molecular formula is C29H28F3N3OS. The highest BCUT2D eigenvalue weighted by Crippen LogP contribution is 2.43. The summed E-state index contributed by atoms with van der Waals surface area (Å²) in [6, 6.07) is 24.6. The molecule has 0 saturated carbocycles. The number of fused-ring (bicyclic) bond motifs is 3. The van der Waals surface area contributed by atoms with Crippen LogP contribution in [0.5, 0.6) is 5.75 Å². The van der Waals surface area contributed by atoms with Gasteiger partial charge >= 0.3 is 6.36 Å². The minimum Gasteiger partial charge on any atom is -0.405 e. The van der Waals surface area contributed by atoms with E-state index in [-0.39, 0.29) is 30.3 Å². The van der Waals surface area contributed by atoms with Crippen LogP contribution in [0.25, 0.3) is 10.2 Å². The van der Waals surface area contributed by atoms with Crippen LogP contribution in [-0.4, -0.2) is 41.4 Å².